The van der Waals surface area contributed by atoms with Crippen molar-refractivity contribution in [3.8, 4) is 11.3 Å². The molecule has 4 nitrogen and oxygen atoms in total. The molecule has 2 aromatic heterocycles. The Morgan fingerprint density at radius 2 is 1.96 bits per heavy atom. The van der Waals surface area contributed by atoms with Gasteiger partial charge in [0.15, 0.2) is 3.95 Å². The molecule has 0 spiro atoms. The third-order valence-electron chi connectivity index (χ3n) is 3.61. The number of nitrogens with one attached hydrogen (secondary N) is 1. The van der Waals surface area contributed by atoms with Crippen LogP contribution in [0.5, 0.6) is 0 Å². The zero-order chi connectivity index (χ0) is 17.1. The monoisotopic (exact) mass is 355 g/mol. The summed E-state index contributed by atoms with van der Waals surface area (Å²) in [5, 5.41) is 4.81. The predicted molar refractivity (Wildman–Crippen MR) is 101 cm³/mol. The van der Waals surface area contributed by atoms with Crippen LogP contribution in [0.15, 0.2) is 48.0 Å². The fourth-order valence-electron chi connectivity index (χ4n) is 2.36. The number of benzene rings is 1. The van der Waals surface area contributed by atoms with Gasteiger partial charge in [0, 0.05) is 11.6 Å². The van der Waals surface area contributed by atoms with Gasteiger partial charge in [-0.3, -0.25) is 4.79 Å². The molecule has 0 unspecified atom stereocenters. The van der Waals surface area contributed by atoms with Crippen LogP contribution in [0.1, 0.15) is 11.1 Å². The van der Waals surface area contributed by atoms with Crippen LogP contribution in [0, 0.1) is 17.8 Å². The number of aryl methyl sites for hydroxylation is 2. The smallest absolute Gasteiger partial charge is 0.245 e. The first-order valence-electron chi connectivity index (χ1n) is 7.51. The number of pyridine rings is 1. The van der Waals surface area contributed by atoms with Crippen molar-refractivity contribution in [2.45, 2.75) is 20.4 Å². The number of hydrogen-bond donors (Lipinski definition) is 1. The zero-order valence-electron chi connectivity index (χ0n) is 13.4. The third kappa shape index (κ3) is 3.77. The number of amides is 1. The summed E-state index contributed by atoms with van der Waals surface area (Å²) in [5.74, 6) is 0.412. The van der Waals surface area contributed by atoms with Gasteiger partial charge in [0.1, 0.15) is 12.4 Å². The molecule has 1 aromatic carbocycles. The first kappa shape index (κ1) is 16.5. The van der Waals surface area contributed by atoms with E-state index in [1.807, 2.05) is 48.1 Å². The minimum atomic E-state index is -0.143. The molecule has 0 atom stereocenters. The Hall–Kier alpha value is -2.31. The summed E-state index contributed by atoms with van der Waals surface area (Å²) in [5.41, 5.74) is 4.25. The molecule has 24 heavy (non-hydrogen) atoms. The van der Waals surface area contributed by atoms with E-state index in [2.05, 4.69) is 22.4 Å². The SMILES string of the molecule is Cc1ccc(-c2csc(=S)n2CC(=O)Nc2cc(C)ccn2)cc1. The summed E-state index contributed by atoms with van der Waals surface area (Å²) >= 11 is 6.85. The van der Waals surface area contributed by atoms with Crippen molar-refractivity contribution in [2.24, 2.45) is 0 Å². The van der Waals surface area contributed by atoms with Gasteiger partial charge in [0.25, 0.3) is 0 Å². The average molecular weight is 355 g/mol. The van der Waals surface area contributed by atoms with Crippen molar-refractivity contribution in [3.63, 3.8) is 0 Å². The second-order valence-corrected chi connectivity index (χ2v) is 7.11. The second-order valence-electron chi connectivity index (χ2n) is 5.61. The summed E-state index contributed by atoms with van der Waals surface area (Å²) < 4.78 is 2.54. The minimum absolute atomic E-state index is 0.143. The van der Waals surface area contributed by atoms with Crippen LogP contribution in [0.4, 0.5) is 5.82 Å². The molecule has 3 aromatic rings. The lowest BCUT2D eigenvalue weighted by Crippen LogP contribution is -2.19. The number of hydrogen-bond acceptors (Lipinski definition) is 4. The van der Waals surface area contributed by atoms with Crippen molar-refractivity contribution in [3.05, 3.63) is 63.1 Å². The van der Waals surface area contributed by atoms with Crippen molar-refractivity contribution < 1.29 is 4.79 Å². The maximum atomic E-state index is 12.4. The molecule has 0 radical (unpaired) electrons. The van der Waals surface area contributed by atoms with Gasteiger partial charge in [-0.1, -0.05) is 29.8 Å². The van der Waals surface area contributed by atoms with Crippen LogP contribution in [0.2, 0.25) is 0 Å². The second kappa shape index (κ2) is 7.07. The van der Waals surface area contributed by atoms with E-state index in [0.29, 0.717) is 9.77 Å². The highest BCUT2D eigenvalue weighted by atomic mass is 32.1. The number of carbonyl (C=O) groups excluding carboxylic acids is 1. The lowest BCUT2D eigenvalue weighted by molar-refractivity contribution is -0.116. The Morgan fingerprint density at radius 3 is 2.67 bits per heavy atom. The summed E-state index contributed by atoms with van der Waals surface area (Å²) in [7, 11) is 0. The molecule has 3 rings (SSSR count). The van der Waals surface area contributed by atoms with Crippen molar-refractivity contribution in [1.29, 1.82) is 0 Å². The number of anilines is 1. The van der Waals surface area contributed by atoms with Gasteiger partial charge < -0.3 is 9.88 Å². The fraction of sp³-hybridized carbons (Fsp3) is 0.167. The summed E-state index contributed by atoms with van der Waals surface area (Å²) in [4.78, 5) is 16.5. The molecule has 0 aliphatic heterocycles. The Morgan fingerprint density at radius 1 is 1.21 bits per heavy atom. The predicted octanol–water partition coefficient (Wildman–Crippen LogP) is 4.60. The Balaban J connectivity index is 1.82. The fourth-order valence-corrected chi connectivity index (χ4v) is 3.43. The van der Waals surface area contributed by atoms with Crippen LogP contribution >= 0.6 is 23.6 Å². The van der Waals surface area contributed by atoms with E-state index in [1.54, 1.807) is 6.20 Å². The molecule has 1 N–H and O–H groups in total. The number of aromatic nitrogens is 2. The molecular weight excluding hydrogens is 338 g/mol. The molecule has 0 aliphatic carbocycles. The molecule has 1 amide bonds. The van der Waals surface area contributed by atoms with E-state index in [4.69, 9.17) is 12.2 Å². The Bertz CT molecular complexity index is 926. The first-order valence-corrected chi connectivity index (χ1v) is 8.79. The number of rotatable bonds is 4. The maximum absolute atomic E-state index is 12.4. The van der Waals surface area contributed by atoms with Gasteiger partial charge in [-0.05, 0) is 49.3 Å². The molecule has 0 aliphatic rings. The molecule has 6 heteroatoms. The summed E-state index contributed by atoms with van der Waals surface area (Å²) in [6.07, 6.45) is 1.68. The molecule has 0 bridgehead atoms. The number of thiazole rings is 1. The highest BCUT2D eigenvalue weighted by molar-refractivity contribution is 7.73. The lowest BCUT2D eigenvalue weighted by Gasteiger charge is -2.10. The topological polar surface area (TPSA) is 46.9 Å². The largest absolute Gasteiger partial charge is 0.313 e. The Kier molecular flexibility index (Phi) is 4.87. The van der Waals surface area contributed by atoms with Crippen LogP contribution in [-0.4, -0.2) is 15.5 Å². The highest BCUT2D eigenvalue weighted by Gasteiger charge is 2.11. The molecule has 2 heterocycles. The molecular formula is C18H17N3OS2. The average Bonchev–Trinajstić information content (AvgIpc) is 2.89. The standard InChI is InChI=1S/C18H17N3OS2/c1-12-3-5-14(6-4-12)15-11-24-18(23)21(15)10-17(22)20-16-9-13(2)7-8-19-16/h3-9,11H,10H2,1-2H3,(H,19,20,22). The summed E-state index contributed by atoms with van der Waals surface area (Å²) in [6, 6.07) is 11.9. The quantitative estimate of drug-likeness (QED) is 0.696. The van der Waals surface area contributed by atoms with Crippen LogP contribution in [0.25, 0.3) is 11.3 Å². The van der Waals surface area contributed by atoms with Gasteiger partial charge in [-0.2, -0.15) is 0 Å². The van der Waals surface area contributed by atoms with Gasteiger partial charge >= 0.3 is 0 Å². The van der Waals surface area contributed by atoms with Crippen LogP contribution in [0.3, 0.4) is 0 Å². The van der Waals surface area contributed by atoms with E-state index in [1.165, 1.54) is 16.9 Å². The van der Waals surface area contributed by atoms with E-state index in [-0.39, 0.29) is 12.5 Å². The van der Waals surface area contributed by atoms with E-state index < -0.39 is 0 Å². The number of carbonyl (C=O) groups is 1. The van der Waals surface area contributed by atoms with Crippen molar-refractivity contribution in [1.82, 2.24) is 9.55 Å². The van der Waals surface area contributed by atoms with E-state index in [9.17, 15) is 4.79 Å². The number of nitrogens with zero attached hydrogens (tertiary/aromatic N) is 2. The molecule has 0 saturated carbocycles. The van der Waals surface area contributed by atoms with Gasteiger partial charge in [-0.15, -0.1) is 11.3 Å². The Labute approximate surface area is 149 Å². The maximum Gasteiger partial charge on any atom is 0.245 e. The normalized spacial score (nSPS) is 10.6. The molecule has 0 saturated heterocycles. The third-order valence-corrected chi connectivity index (χ3v) is 4.89. The van der Waals surface area contributed by atoms with Gasteiger partial charge in [0.2, 0.25) is 5.91 Å². The van der Waals surface area contributed by atoms with Gasteiger partial charge in [-0.25, -0.2) is 4.98 Å². The van der Waals surface area contributed by atoms with Crippen LogP contribution in [-0.2, 0) is 11.3 Å². The van der Waals surface area contributed by atoms with E-state index >= 15 is 0 Å². The zero-order valence-corrected chi connectivity index (χ0v) is 15.1. The van der Waals surface area contributed by atoms with Gasteiger partial charge in [0.05, 0.1) is 5.69 Å². The summed E-state index contributed by atoms with van der Waals surface area (Å²) in [6.45, 7) is 4.18. The minimum Gasteiger partial charge on any atom is -0.313 e. The van der Waals surface area contributed by atoms with Crippen LogP contribution < -0.4 is 5.32 Å². The lowest BCUT2D eigenvalue weighted by atomic mass is 10.1. The molecule has 0 fully saturated rings. The van der Waals surface area contributed by atoms with Crippen molar-refractivity contribution in [2.75, 3.05) is 5.32 Å². The van der Waals surface area contributed by atoms with E-state index in [0.717, 1.165) is 16.8 Å². The highest BCUT2D eigenvalue weighted by Crippen LogP contribution is 2.24. The molecule has 122 valence electrons. The first-order chi connectivity index (χ1) is 11.5. The van der Waals surface area contributed by atoms with Crippen molar-refractivity contribution >= 4 is 35.3 Å².